The van der Waals surface area contributed by atoms with E-state index in [9.17, 15) is 14.3 Å². The molecule has 0 spiro atoms. The number of aliphatic carboxylic acids is 1. The number of carbonyl (C=O) groups is 1. The Morgan fingerprint density at radius 1 is 1.15 bits per heavy atom. The van der Waals surface area contributed by atoms with Crippen LogP contribution in [0.25, 0.3) is 0 Å². The van der Waals surface area contributed by atoms with E-state index in [4.69, 9.17) is 0 Å². The topological polar surface area (TPSA) is 49.3 Å². The largest absolute Gasteiger partial charge is 0.481 e. The zero-order valence-electron chi connectivity index (χ0n) is 11.4. The summed E-state index contributed by atoms with van der Waals surface area (Å²) in [7, 11) is 0. The number of halogens is 1. The molecule has 0 aliphatic rings. The monoisotopic (exact) mass is 273 g/mol. The van der Waals surface area contributed by atoms with Crippen LogP contribution in [-0.2, 0) is 10.2 Å². The van der Waals surface area contributed by atoms with Crippen molar-refractivity contribution < 1.29 is 14.3 Å². The predicted octanol–water partition coefficient (Wildman–Crippen LogP) is 3.93. The van der Waals surface area contributed by atoms with Gasteiger partial charge in [-0.1, -0.05) is 24.3 Å². The lowest BCUT2D eigenvalue weighted by Gasteiger charge is -2.23. The number of carboxylic acid groups (broad SMARTS) is 1. The van der Waals surface area contributed by atoms with Crippen LogP contribution in [0.2, 0.25) is 0 Å². The van der Waals surface area contributed by atoms with Gasteiger partial charge in [-0.15, -0.1) is 0 Å². The van der Waals surface area contributed by atoms with E-state index in [1.54, 1.807) is 44.2 Å². The van der Waals surface area contributed by atoms with E-state index < -0.39 is 11.4 Å². The summed E-state index contributed by atoms with van der Waals surface area (Å²) in [4.78, 5) is 11.4. The fraction of sp³-hybridized carbons (Fsp3) is 0.188. The molecule has 0 aliphatic heterocycles. The molecule has 4 heteroatoms. The summed E-state index contributed by atoms with van der Waals surface area (Å²) >= 11 is 0. The summed E-state index contributed by atoms with van der Waals surface area (Å²) in [6, 6.07) is 13.2. The van der Waals surface area contributed by atoms with Crippen LogP contribution in [-0.4, -0.2) is 11.1 Å². The van der Waals surface area contributed by atoms with Crippen molar-refractivity contribution in [3.63, 3.8) is 0 Å². The van der Waals surface area contributed by atoms with Crippen molar-refractivity contribution in [1.29, 1.82) is 0 Å². The minimum absolute atomic E-state index is 0.343. The fourth-order valence-electron chi connectivity index (χ4n) is 1.97. The molecule has 0 radical (unpaired) electrons. The molecule has 0 bridgehead atoms. The van der Waals surface area contributed by atoms with Gasteiger partial charge in [0, 0.05) is 11.4 Å². The second-order valence-corrected chi connectivity index (χ2v) is 5.11. The molecule has 0 saturated heterocycles. The molecule has 104 valence electrons. The lowest BCUT2D eigenvalue weighted by atomic mass is 9.83. The molecular weight excluding hydrogens is 257 g/mol. The molecule has 0 amide bonds. The van der Waals surface area contributed by atoms with E-state index in [0.29, 0.717) is 16.9 Å². The standard InChI is InChI=1S/C16H16FNO2/c1-16(2,15(19)20)13-8-3-4-9-14(13)18-12-7-5-6-11(17)10-12/h3-10,18H,1-2H3,(H,19,20). The number of carboxylic acids is 1. The van der Waals surface area contributed by atoms with Gasteiger partial charge in [-0.25, -0.2) is 4.39 Å². The Bertz CT molecular complexity index is 638. The van der Waals surface area contributed by atoms with Crippen molar-refractivity contribution in [3.8, 4) is 0 Å². The Hall–Kier alpha value is -2.36. The van der Waals surface area contributed by atoms with Crippen LogP contribution < -0.4 is 5.32 Å². The molecule has 0 atom stereocenters. The fourth-order valence-corrected chi connectivity index (χ4v) is 1.97. The molecule has 2 N–H and O–H groups in total. The lowest BCUT2D eigenvalue weighted by molar-refractivity contribution is -0.142. The normalized spacial score (nSPS) is 11.2. The molecule has 0 heterocycles. The third-order valence-corrected chi connectivity index (χ3v) is 3.24. The first-order valence-corrected chi connectivity index (χ1v) is 6.27. The highest BCUT2D eigenvalue weighted by molar-refractivity contribution is 5.83. The number of nitrogens with one attached hydrogen (secondary N) is 1. The number of benzene rings is 2. The van der Waals surface area contributed by atoms with Crippen LogP contribution in [0.3, 0.4) is 0 Å². The minimum Gasteiger partial charge on any atom is -0.481 e. The minimum atomic E-state index is -1.03. The van der Waals surface area contributed by atoms with Gasteiger partial charge in [0.05, 0.1) is 5.41 Å². The highest BCUT2D eigenvalue weighted by Gasteiger charge is 2.31. The van der Waals surface area contributed by atoms with Gasteiger partial charge in [-0.05, 0) is 43.7 Å². The van der Waals surface area contributed by atoms with Crippen molar-refractivity contribution >= 4 is 17.3 Å². The van der Waals surface area contributed by atoms with Crippen LogP contribution in [0.15, 0.2) is 48.5 Å². The first kappa shape index (κ1) is 14.1. The molecular formula is C16H16FNO2. The van der Waals surface area contributed by atoms with E-state index in [2.05, 4.69) is 5.32 Å². The second kappa shape index (κ2) is 5.33. The number of anilines is 2. The van der Waals surface area contributed by atoms with Crippen LogP contribution in [0.4, 0.5) is 15.8 Å². The Morgan fingerprint density at radius 2 is 1.85 bits per heavy atom. The van der Waals surface area contributed by atoms with Crippen LogP contribution in [0, 0.1) is 5.82 Å². The maximum absolute atomic E-state index is 13.2. The Balaban J connectivity index is 2.41. The van der Waals surface area contributed by atoms with E-state index in [1.807, 2.05) is 6.07 Å². The molecule has 0 unspecified atom stereocenters. The van der Waals surface area contributed by atoms with Crippen LogP contribution >= 0.6 is 0 Å². The molecule has 0 aliphatic carbocycles. The average Bonchev–Trinajstić information content (AvgIpc) is 2.39. The van der Waals surface area contributed by atoms with Gasteiger partial charge in [0.25, 0.3) is 0 Å². The number of para-hydroxylation sites is 1. The van der Waals surface area contributed by atoms with Crippen LogP contribution in [0.1, 0.15) is 19.4 Å². The Morgan fingerprint density at radius 3 is 2.50 bits per heavy atom. The van der Waals surface area contributed by atoms with Crippen molar-refractivity contribution in [2.75, 3.05) is 5.32 Å². The quantitative estimate of drug-likeness (QED) is 0.887. The Labute approximate surface area is 117 Å². The molecule has 0 saturated carbocycles. The van der Waals surface area contributed by atoms with E-state index in [-0.39, 0.29) is 5.82 Å². The van der Waals surface area contributed by atoms with Crippen molar-refractivity contribution in [3.05, 3.63) is 59.9 Å². The third kappa shape index (κ3) is 2.79. The smallest absolute Gasteiger partial charge is 0.313 e. The number of hydrogen-bond donors (Lipinski definition) is 2. The highest BCUT2D eigenvalue weighted by Crippen LogP contribution is 2.32. The summed E-state index contributed by atoms with van der Waals surface area (Å²) in [6.45, 7) is 3.28. The second-order valence-electron chi connectivity index (χ2n) is 5.11. The average molecular weight is 273 g/mol. The highest BCUT2D eigenvalue weighted by atomic mass is 19.1. The summed E-state index contributed by atoms with van der Waals surface area (Å²) in [5.41, 5.74) is 0.859. The van der Waals surface area contributed by atoms with Gasteiger partial charge in [0.1, 0.15) is 5.82 Å². The van der Waals surface area contributed by atoms with E-state index >= 15 is 0 Å². The molecule has 2 rings (SSSR count). The third-order valence-electron chi connectivity index (χ3n) is 3.24. The summed E-state index contributed by atoms with van der Waals surface area (Å²) in [5.74, 6) is -1.25. The zero-order valence-corrected chi connectivity index (χ0v) is 11.4. The predicted molar refractivity (Wildman–Crippen MR) is 76.8 cm³/mol. The van der Waals surface area contributed by atoms with Gasteiger partial charge in [-0.3, -0.25) is 4.79 Å². The van der Waals surface area contributed by atoms with Gasteiger partial charge in [-0.2, -0.15) is 0 Å². The van der Waals surface area contributed by atoms with Gasteiger partial charge in [0.2, 0.25) is 0 Å². The molecule has 2 aromatic carbocycles. The number of hydrogen-bond acceptors (Lipinski definition) is 2. The maximum Gasteiger partial charge on any atom is 0.313 e. The van der Waals surface area contributed by atoms with Gasteiger partial charge >= 0.3 is 5.97 Å². The van der Waals surface area contributed by atoms with Crippen LogP contribution in [0.5, 0.6) is 0 Å². The maximum atomic E-state index is 13.2. The molecule has 0 aromatic heterocycles. The van der Waals surface area contributed by atoms with E-state index in [0.717, 1.165) is 0 Å². The van der Waals surface area contributed by atoms with Gasteiger partial charge in [0.15, 0.2) is 0 Å². The van der Waals surface area contributed by atoms with Crippen molar-refractivity contribution in [1.82, 2.24) is 0 Å². The zero-order chi connectivity index (χ0) is 14.8. The summed E-state index contributed by atoms with van der Waals surface area (Å²) < 4.78 is 13.2. The molecule has 2 aromatic rings. The Kier molecular flexibility index (Phi) is 3.74. The SMILES string of the molecule is CC(C)(C(=O)O)c1ccccc1Nc1cccc(F)c1. The van der Waals surface area contributed by atoms with Crippen molar-refractivity contribution in [2.24, 2.45) is 0 Å². The number of rotatable bonds is 4. The summed E-state index contributed by atoms with van der Waals surface area (Å²) in [6.07, 6.45) is 0. The molecule has 20 heavy (non-hydrogen) atoms. The first-order chi connectivity index (χ1) is 9.41. The summed E-state index contributed by atoms with van der Waals surface area (Å²) in [5, 5.41) is 12.4. The van der Waals surface area contributed by atoms with E-state index in [1.165, 1.54) is 12.1 Å². The first-order valence-electron chi connectivity index (χ1n) is 6.27. The van der Waals surface area contributed by atoms with Gasteiger partial charge < -0.3 is 10.4 Å². The lowest BCUT2D eigenvalue weighted by Crippen LogP contribution is -2.29. The molecule has 3 nitrogen and oxygen atoms in total. The molecule has 0 fully saturated rings. The van der Waals surface area contributed by atoms with Crippen molar-refractivity contribution in [2.45, 2.75) is 19.3 Å².